The van der Waals surface area contributed by atoms with Crippen LogP contribution in [0.3, 0.4) is 0 Å². The van der Waals surface area contributed by atoms with Crippen LogP contribution in [0.5, 0.6) is 0 Å². The number of imidazole rings is 1. The number of nitrogens with two attached hydrogens (primary N) is 1. The van der Waals surface area contributed by atoms with Crippen molar-refractivity contribution in [1.82, 2.24) is 14.5 Å². The first-order valence-corrected chi connectivity index (χ1v) is 7.66. The molecule has 3 rings (SSSR count). The minimum absolute atomic E-state index is 0.469. The van der Waals surface area contributed by atoms with Crippen molar-refractivity contribution in [3.63, 3.8) is 0 Å². The van der Waals surface area contributed by atoms with Crippen LogP contribution in [0.25, 0.3) is 5.69 Å². The SMILES string of the molecule is CN1CC(CN)CC1c1ccc(-n2ccnc2)c(Br)c1. The van der Waals surface area contributed by atoms with Gasteiger partial charge in [-0.3, -0.25) is 4.90 Å². The van der Waals surface area contributed by atoms with Gasteiger partial charge in [-0.2, -0.15) is 0 Å². The molecule has 1 aromatic carbocycles. The summed E-state index contributed by atoms with van der Waals surface area (Å²) in [6.07, 6.45) is 6.69. The molecular weight excluding hydrogens is 316 g/mol. The third-order valence-electron chi connectivity index (χ3n) is 4.11. The molecule has 4 nitrogen and oxygen atoms in total. The highest BCUT2D eigenvalue weighted by Gasteiger charge is 2.29. The Kier molecular flexibility index (Phi) is 3.92. The Morgan fingerprint density at radius 3 is 2.90 bits per heavy atom. The van der Waals surface area contributed by atoms with Crippen LogP contribution >= 0.6 is 15.9 Å². The Bertz CT molecular complexity index is 582. The molecule has 0 saturated carbocycles. The van der Waals surface area contributed by atoms with Gasteiger partial charge in [0.15, 0.2) is 0 Å². The molecule has 106 valence electrons. The van der Waals surface area contributed by atoms with Gasteiger partial charge in [-0.05, 0) is 59.6 Å². The fourth-order valence-corrected chi connectivity index (χ4v) is 3.61. The summed E-state index contributed by atoms with van der Waals surface area (Å²) in [6.45, 7) is 1.86. The maximum atomic E-state index is 5.81. The fourth-order valence-electron chi connectivity index (χ4n) is 3.01. The van der Waals surface area contributed by atoms with E-state index in [2.05, 4.69) is 51.1 Å². The van der Waals surface area contributed by atoms with Gasteiger partial charge in [-0.1, -0.05) is 6.07 Å². The van der Waals surface area contributed by atoms with E-state index in [1.54, 1.807) is 6.20 Å². The lowest BCUT2D eigenvalue weighted by atomic mass is 10.00. The molecule has 2 N–H and O–H groups in total. The molecule has 1 aliphatic rings. The van der Waals surface area contributed by atoms with E-state index >= 15 is 0 Å². The van der Waals surface area contributed by atoms with Gasteiger partial charge < -0.3 is 10.3 Å². The zero-order valence-corrected chi connectivity index (χ0v) is 13.1. The van der Waals surface area contributed by atoms with E-state index < -0.39 is 0 Å². The first-order valence-electron chi connectivity index (χ1n) is 6.87. The molecular formula is C15H19BrN4. The predicted molar refractivity (Wildman–Crippen MR) is 83.8 cm³/mol. The van der Waals surface area contributed by atoms with E-state index in [-0.39, 0.29) is 0 Å². The summed E-state index contributed by atoms with van der Waals surface area (Å²) in [6, 6.07) is 7.04. The van der Waals surface area contributed by atoms with E-state index in [0.29, 0.717) is 12.0 Å². The van der Waals surface area contributed by atoms with Crippen molar-refractivity contribution >= 4 is 15.9 Å². The maximum Gasteiger partial charge on any atom is 0.0992 e. The van der Waals surface area contributed by atoms with E-state index in [1.807, 2.05) is 17.1 Å². The number of likely N-dealkylation sites (tertiary alicyclic amines) is 1. The van der Waals surface area contributed by atoms with Gasteiger partial charge in [0, 0.05) is 29.5 Å². The van der Waals surface area contributed by atoms with E-state index in [1.165, 1.54) is 5.56 Å². The molecule has 1 saturated heterocycles. The topological polar surface area (TPSA) is 47.1 Å². The van der Waals surface area contributed by atoms with Gasteiger partial charge in [0.1, 0.15) is 0 Å². The molecule has 0 radical (unpaired) electrons. The van der Waals surface area contributed by atoms with Gasteiger partial charge in [0.2, 0.25) is 0 Å². The van der Waals surface area contributed by atoms with Crippen molar-refractivity contribution in [2.45, 2.75) is 12.5 Å². The Balaban J connectivity index is 1.88. The summed E-state index contributed by atoms with van der Waals surface area (Å²) in [7, 11) is 2.18. The third kappa shape index (κ3) is 2.53. The van der Waals surface area contributed by atoms with Crippen molar-refractivity contribution in [2.75, 3.05) is 20.1 Å². The highest BCUT2D eigenvalue weighted by Crippen LogP contribution is 2.35. The third-order valence-corrected chi connectivity index (χ3v) is 4.74. The quantitative estimate of drug-likeness (QED) is 0.938. The molecule has 5 heteroatoms. The van der Waals surface area contributed by atoms with Crippen LogP contribution in [0.1, 0.15) is 18.0 Å². The van der Waals surface area contributed by atoms with Crippen LogP contribution in [0.15, 0.2) is 41.4 Å². The number of hydrogen-bond acceptors (Lipinski definition) is 3. The van der Waals surface area contributed by atoms with Crippen LogP contribution in [0.2, 0.25) is 0 Å². The number of hydrogen-bond donors (Lipinski definition) is 1. The molecule has 0 spiro atoms. The van der Waals surface area contributed by atoms with Crippen molar-refractivity contribution in [3.8, 4) is 5.69 Å². The first kappa shape index (κ1) is 13.8. The average molecular weight is 335 g/mol. The van der Waals surface area contributed by atoms with Gasteiger partial charge in [0.25, 0.3) is 0 Å². The van der Waals surface area contributed by atoms with Crippen LogP contribution in [0, 0.1) is 5.92 Å². The normalized spacial score (nSPS) is 23.4. The van der Waals surface area contributed by atoms with Crippen molar-refractivity contribution in [1.29, 1.82) is 0 Å². The lowest BCUT2D eigenvalue weighted by Gasteiger charge is -2.20. The second-order valence-corrected chi connectivity index (χ2v) is 6.33. The lowest BCUT2D eigenvalue weighted by Crippen LogP contribution is -2.20. The Morgan fingerprint density at radius 1 is 1.45 bits per heavy atom. The zero-order valence-electron chi connectivity index (χ0n) is 11.5. The van der Waals surface area contributed by atoms with Crippen LogP contribution < -0.4 is 5.73 Å². The standard InChI is InChI=1S/C15H19BrN4/c1-19-9-11(8-17)6-15(19)12-2-3-14(13(16)7-12)20-5-4-18-10-20/h2-5,7,10-11,15H,6,8-9,17H2,1H3. The first-order chi connectivity index (χ1) is 9.69. The van der Waals surface area contributed by atoms with Crippen molar-refractivity contribution in [3.05, 3.63) is 47.0 Å². The fraction of sp³-hybridized carbons (Fsp3) is 0.400. The zero-order chi connectivity index (χ0) is 14.1. The summed E-state index contributed by atoms with van der Waals surface area (Å²) in [5, 5.41) is 0. The molecule has 2 unspecified atom stereocenters. The van der Waals surface area contributed by atoms with Gasteiger partial charge in [-0.25, -0.2) is 4.98 Å². The molecule has 2 heterocycles. The van der Waals surface area contributed by atoms with E-state index in [0.717, 1.165) is 29.7 Å². The van der Waals surface area contributed by atoms with E-state index in [9.17, 15) is 0 Å². The predicted octanol–water partition coefficient (Wildman–Crippen LogP) is 2.59. The minimum atomic E-state index is 0.469. The molecule has 0 aliphatic carbocycles. The molecule has 1 aromatic heterocycles. The van der Waals surface area contributed by atoms with Crippen LogP contribution in [-0.4, -0.2) is 34.6 Å². The summed E-state index contributed by atoms with van der Waals surface area (Å²) >= 11 is 3.68. The smallest absolute Gasteiger partial charge is 0.0992 e. The highest BCUT2D eigenvalue weighted by atomic mass is 79.9. The van der Waals surface area contributed by atoms with Crippen LogP contribution in [-0.2, 0) is 0 Å². The number of nitrogens with zero attached hydrogens (tertiary/aromatic N) is 3. The second kappa shape index (κ2) is 5.68. The Labute approximate surface area is 127 Å². The molecule has 2 atom stereocenters. The second-order valence-electron chi connectivity index (χ2n) is 5.47. The van der Waals surface area contributed by atoms with Crippen LogP contribution in [0.4, 0.5) is 0 Å². The van der Waals surface area contributed by atoms with Gasteiger partial charge >= 0.3 is 0 Å². The molecule has 2 aromatic rings. The highest BCUT2D eigenvalue weighted by molar-refractivity contribution is 9.10. The minimum Gasteiger partial charge on any atom is -0.330 e. The Hall–Kier alpha value is -1.17. The van der Waals surface area contributed by atoms with Crippen molar-refractivity contribution in [2.24, 2.45) is 11.7 Å². The maximum absolute atomic E-state index is 5.81. The largest absolute Gasteiger partial charge is 0.330 e. The lowest BCUT2D eigenvalue weighted by molar-refractivity contribution is 0.313. The average Bonchev–Trinajstić information content (AvgIpc) is 3.07. The monoisotopic (exact) mass is 334 g/mol. The molecule has 0 bridgehead atoms. The molecule has 1 fully saturated rings. The summed E-state index contributed by atoms with van der Waals surface area (Å²) < 4.78 is 3.10. The van der Waals surface area contributed by atoms with Gasteiger partial charge in [-0.15, -0.1) is 0 Å². The molecule has 0 amide bonds. The molecule has 20 heavy (non-hydrogen) atoms. The number of aromatic nitrogens is 2. The van der Waals surface area contributed by atoms with Crippen molar-refractivity contribution < 1.29 is 0 Å². The number of benzene rings is 1. The van der Waals surface area contributed by atoms with Gasteiger partial charge in [0.05, 0.1) is 12.0 Å². The molecule has 1 aliphatic heterocycles. The number of halogens is 1. The van der Waals surface area contributed by atoms with E-state index in [4.69, 9.17) is 5.73 Å². The number of rotatable bonds is 3. The summed E-state index contributed by atoms with van der Waals surface area (Å²) in [5.74, 6) is 0.608. The Morgan fingerprint density at radius 2 is 2.30 bits per heavy atom. The summed E-state index contributed by atoms with van der Waals surface area (Å²) in [4.78, 5) is 6.49. The summed E-state index contributed by atoms with van der Waals surface area (Å²) in [5.41, 5.74) is 8.27.